The highest BCUT2D eigenvalue weighted by atomic mass is 19.1. The maximum atomic E-state index is 14.0. The van der Waals surface area contributed by atoms with Gasteiger partial charge in [-0.05, 0) is 30.7 Å². The first kappa shape index (κ1) is 14.5. The third-order valence-electron chi connectivity index (χ3n) is 3.17. The Bertz CT molecular complexity index is 581. The molecule has 0 atom stereocenters. The van der Waals surface area contributed by atoms with Gasteiger partial charge in [0.1, 0.15) is 5.75 Å². The first-order valence-electron chi connectivity index (χ1n) is 6.82. The van der Waals surface area contributed by atoms with Gasteiger partial charge in [-0.15, -0.1) is 0 Å². The summed E-state index contributed by atoms with van der Waals surface area (Å²) in [7, 11) is 1.83. The SMILES string of the molecule is CNCc1cccc(F)c1Oc1ccccc1C(C)C. The van der Waals surface area contributed by atoms with Crippen molar-refractivity contribution in [3.63, 3.8) is 0 Å². The second kappa shape index (κ2) is 6.53. The second-order valence-electron chi connectivity index (χ2n) is 5.05. The highest BCUT2D eigenvalue weighted by molar-refractivity contribution is 5.43. The summed E-state index contributed by atoms with van der Waals surface area (Å²) < 4.78 is 19.9. The van der Waals surface area contributed by atoms with Crippen molar-refractivity contribution < 1.29 is 9.13 Å². The molecular formula is C17H20FNO. The van der Waals surface area contributed by atoms with Gasteiger partial charge < -0.3 is 10.1 Å². The molecule has 2 aromatic rings. The fraction of sp³-hybridized carbons (Fsp3) is 0.294. The predicted molar refractivity (Wildman–Crippen MR) is 79.8 cm³/mol. The molecule has 0 aliphatic rings. The lowest BCUT2D eigenvalue weighted by molar-refractivity contribution is 0.428. The Kier molecular flexibility index (Phi) is 4.74. The summed E-state index contributed by atoms with van der Waals surface area (Å²) in [4.78, 5) is 0. The Balaban J connectivity index is 2.40. The summed E-state index contributed by atoms with van der Waals surface area (Å²) in [6.07, 6.45) is 0. The van der Waals surface area contributed by atoms with Gasteiger partial charge in [0.05, 0.1) is 0 Å². The van der Waals surface area contributed by atoms with E-state index in [4.69, 9.17) is 4.74 Å². The fourth-order valence-electron chi connectivity index (χ4n) is 2.16. The monoisotopic (exact) mass is 273 g/mol. The minimum atomic E-state index is -0.337. The zero-order chi connectivity index (χ0) is 14.5. The van der Waals surface area contributed by atoms with Gasteiger partial charge in [-0.2, -0.15) is 0 Å². The highest BCUT2D eigenvalue weighted by Gasteiger charge is 2.13. The van der Waals surface area contributed by atoms with Crippen LogP contribution in [0.5, 0.6) is 11.5 Å². The van der Waals surface area contributed by atoms with Crippen LogP contribution in [-0.4, -0.2) is 7.05 Å². The normalized spacial score (nSPS) is 10.8. The molecule has 0 aliphatic heterocycles. The van der Waals surface area contributed by atoms with Crippen LogP contribution < -0.4 is 10.1 Å². The molecule has 0 aliphatic carbocycles. The molecule has 0 heterocycles. The van der Waals surface area contributed by atoms with Crippen molar-refractivity contribution in [3.05, 3.63) is 59.4 Å². The van der Waals surface area contributed by atoms with Gasteiger partial charge in [0.15, 0.2) is 11.6 Å². The lowest BCUT2D eigenvalue weighted by Crippen LogP contribution is -2.07. The smallest absolute Gasteiger partial charge is 0.167 e. The van der Waals surface area contributed by atoms with E-state index in [9.17, 15) is 4.39 Å². The molecule has 0 bridgehead atoms. The Morgan fingerprint density at radius 2 is 1.85 bits per heavy atom. The van der Waals surface area contributed by atoms with Gasteiger partial charge >= 0.3 is 0 Å². The van der Waals surface area contributed by atoms with Crippen LogP contribution in [0, 0.1) is 5.82 Å². The molecule has 20 heavy (non-hydrogen) atoms. The minimum absolute atomic E-state index is 0.301. The average molecular weight is 273 g/mol. The van der Waals surface area contributed by atoms with Crippen molar-refractivity contribution in [1.82, 2.24) is 5.32 Å². The first-order valence-corrected chi connectivity index (χ1v) is 6.82. The van der Waals surface area contributed by atoms with Gasteiger partial charge in [0.25, 0.3) is 0 Å². The molecule has 3 heteroatoms. The van der Waals surface area contributed by atoms with Gasteiger partial charge in [-0.3, -0.25) is 0 Å². The number of benzene rings is 2. The molecule has 0 amide bonds. The minimum Gasteiger partial charge on any atom is -0.454 e. The Labute approximate surface area is 119 Å². The van der Waals surface area contributed by atoms with E-state index < -0.39 is 0 Å². The molecule has 2 nitrogen and oxygen atoms in total. The molecule has 0 unspecified atom stereocenters. The molecule has 0 saturated heterocycles. The van der Waals surface area contributed by atoms with Gasteiger partial charge in [-0.1, -0.05) is 44.2 Å². The lowest BCUT2D eigenvalue weighted by atomic mass is 10.0. The predicted octanol–water partition coefficient (Wildman–Crippen LogP) is 4.46. The average Bonchev–Trinajstić information content (AvgIpc) is 2.43. The second-order valence-corrected chi connectivity index (χ2v) is 5.05. The van der Waals surface area contributed by atoms with Crippen LogP contribution in [0.2, 0.25) is 0 Å². The van der Waals surface area contributed by atoms with Crippen LogP contribution in [0.4, 0.5) is 4.39 Å². The third kappa shape index (κ3) is 3.17. The largest absolute Gasteiger partial charge is 0.454 e. The van der Waals surface area contributed by atoms with E-state index in [2.05, 4.69) is 19.2 Å². The molecule has 0 fully saturated rings. The summed E-state index contributed by atoms with van der Waals surface area (Å²) in [5.74, 6) is 1.00. The standard InChI is InChI=1S/C17H20FNO/c1-12(2)14-8-4-5-10-16(14)20-17-13(11-19-3)7-6-9-15(17)18/h4-10,12,19H,11H2,1-3H3. The number of ether oxygens (including phenoxy) is 1. The first-order chi connectivity index (χ1) is 9.63. The number of hydrogen-bond acceptors (Lipinski definition) is 2. The van der Waals surface area contributed by atoms with E-state index in [1.54, 1.807) is 6.07 Å². The van der Waals surface area contributed by atoms with Gasteiger partial charge in [-0.25, -0.2) is 4.39 Å². The molecule has 0 spiro atoms. The zero-order valence-corrected chi connectivity index (χ0v) is 12.1. The van der Waals surface area contributed by atoms with E-state index in [1.807, 2.05) is 37.4 Å². The summed E-state index contributed by atoms with van der Waals surface area (Å²) in [6.45, 7) is 4.76. The van der Waals surface area contributed by atoms with Crippen LogP contribution >= 0.6 is 0 Å². The van der Waals surface area contributed by atoms with Gasteiger partial charge in [0.2, 0.25) is 0 Å². The van der Waals surface area contributed by atoms with Crippen molar-refractivity contribution >= 4 is 0 Å². The Hall–Kier alpha value is -1.87. The quantitative estimate of drug-likeness (QED) is 0.868. The number of halogens is 1. The van der Waals surface area contributed by atoms with Gasteiger partial charge in [0, 0.05) is 12.1 Å². The van der Waals surface area contributed by atoms with Crippen LogP contribution in [0.1, 0.15) is 30.9 Å². The molecule has 2 rings (SSSR count). The fourth-order valence-corrected chi connectivity index (χ4v) is 2.16. The molecule has 106 valence electrons. The molecule has 0 radical (unpaired) electrons. The highest BCUT2D eigenvalue weighted by Crippen LogP contribution is 2.33. The number of nitrogens with one attached hydrogen (secondary N) is 1. The Morgan fingerprint density at radius 3 is 2.55 bits per heavy atom. The molecular weight excluding hydrogens is 253 g/mol. The Morgan fingerprint density at radius 1 is 1.10 bits per heavy atom. The van der Waals surface area contributed by atoms with Crippen LogP contribution in [0.3, 0.4) is 0 Å². The summed E-state index contributed by atoms with van der Waals surface area (Å²) in [5, 5.41) is 3.03. The van der Waals surface area contributed by atoms with Crippen molar-refractivity contribution in [2.75, 3.05) is 7.05 Å². The van der Waals surface area contributed by atoms with Crippen LogP contribution in [0.15, 0.2) is 42.5 Å². The van der Waals surface area contributed by atoms with E-state index in [0.717, 1.165) is 11.1 Å². The summed E-state index contributed by atoms with van der Waals surface area (Å²) in [6, 6.07) is 12.8. The number of rotatable bonds is 5. The summed E-state index contributed by atoms with van der Waals surface area (Å²) >= 11 is 0. The van der Waals surface area contributed by atoms with Crippen LogP contribution in [-0.2, 0) is 6.54 Å². The molecule has 0 saturated carbocycles. The number of hydrogen-bond donors (Lipinski definition) is 1. The number of para-hydroxylation sites is 2. The van der Waals surface area contributed by atoms with E-state index in [1.165, 1.54) is 6.07 Å². The molecule has 2 aromatic carbocycles. The van der Waals surface area contributed by atoms with Crippen molar-refractivity contribution in [1.29, 1.82) is 0 Å². The van der Waals surface area contributed by atoms with Crippen molar-refractivity contribution in [3.8, 4) is 11.5 Å². The van der Waals surface area contributed by atoms with E-state index >= 15 is 0 Å². The zero-order valence-electron chi connectivity index (χ0n) is 12.1. The maximum Gasteiger partial charge on any atom is 0.167 e. The molecule has 0 aromatic heterocycles. The van der Waals surface area contributed by atoms with E-state index in [-0.39, 0.29) is 5.82 Å². The summed E-state index contributed by atoms with van der Waals surface area (Å²) in [5.41, 5.74) is 1.89. The van der Waals surface area contributed by atoms with Crippen molar-refractivity contribution in [2.24, 2.45) is 0 Å². The molecule has 1 N–H and O–H groups in total. The van der Waals surface area contributed by atoms with Crippen molar-refractivity contribution in [2.45, 2.75) is 26.3 Å². The van der Waals surface area contributed by atoms with E-state index in [0.29, 0.717) is 24.0 Å². The lowest BCUT2D eigenvalue weighted by Gasteiger charge is -2.16. The van der Waals surface area contributed by atoms with Crippen LogP contribution in [0.25, 0.3) is 0 Å². The maximum absolute atomic E-state index is 14.0. The third-order valence-corrected chi connectivity index (χ3v) is 3.17. The topological polar surface area (TPSA) is 21.3 Å².